The quantitative estimate of drug-likeness (QED) is 0.749. The van der Waals surface area contributed by atoms with Crippen LogP contribution in [-0.4, -0.2) is 21.6 Å². The van der Waals surface area contributed by atoms with Crippen molar-refractivity contribution in [2.24, 2.45) is 11.7 Å². The van der Waals surface area contributed by atoms with Gasteiger partial charge in [0.05, 0.1) is 0 Å². The number of ketones is 1. The fourth-order valence-corrected chi connectivity index (χ4v) is 1.51. The van der Waals surface area contributed by atoms with Crippen LogP contribution in [0.25, 0.3) is 0 Å². The highest BCUT2D eigenvalue weighted by Gasteiger charge is 2.17. The first-order chi connectivity index (χ1) is 7.56. The van der Waals surface area contributed by atoms with E-state index in [9.17, 15) is 4.79 Å². The lowest BCUT2D eigenvalue weighted by Crippen LogP contribution is -2.30. The molecule has 0 amide bonds. The number of nitrogens with two attached hydrogens (primary N) is 1. The third-order valence-electron chi connectivity index (χ3n) is 2.72. The summed E-state index contributed by atoms with van der Waals surface area (Å²) in [7, 11) is 0. The first-order valence-electron chi connectivity index (χ1n) is 5.86. The Morgan fingerprint density at radius 1 is 1.56 bits per heavy atom. The topological polar surface area (TPSA) is 60.9 Å². The zero-order valence-electron chi connectivity index (χ0n) is 10.3. The highest BCUT2D eigenvalue weighted by molar-refractivity contribution is 5.94. The molecule has 1 aromatic rings. The van der Waals surface area contributed by atoms with Gasteiger partial charge in [0.2, 0.25) is 0 Å². The molecule has 16 heavy (non-hydrogen) atoms. The minimum absolute atomic E-state index is 0.0718. The van der Waals surface area contributed by atoms with Crippen LogP contribution in [0.2, 0.25) is 0 Å². The molecule has 0 aliphatic heterocycles. The molecule has 0 saturated heterocycles. The molecule has 0 fully saturated rings. The van der Waals surface area contributed by atoms with Gasteiger partial charge in [-0.15, -0.1) is 0 Å². The van der Waals surface area contributed by atoms with Crippen LogP contribution in [0.3, 0.4) is 0 Å². The van der Waals surface area contributed by atoms with E-state index in [1.54, 1.807) is 16.9 Å². The van der Waals surface area contributed by atoms with Gasteiger partial charge in [0, 0.05) is 25.2 Å². The van der Waals surface area contributed by atoms with E-state index >= 15 is 0 Å². The maximum Gasteiger partial charge on any atom is 0.182 e. The molecule has 4 heteroatoms. The molecule has 1 aromatic heterocycles. The second-order valence-electron chi connectivity index (χ2n) is 4.47. The molecule has 1 unspecified atom stereocenters. The Labute approximate surface area is 96.8 Å². The summed E-state index contributed by atoms with van der Waals surface area (Å²) in [6.07, 6.45) is 3.04. The Balaban J connectivity index is 2.69. The number of carbonyl (C=O) groups is 1. The van der Waals surface area contributed by atoms with Gasteiger partial charge in [-0.05, 0) is 18.4 Å². The fraction of sp³-hybridized carbons (Fsp3) is 0.667. The van der Waals surface area contributed by atoms with Gasteiger partial charge in [-0.3, -0.25) is 9.48 Å². The average molecular weight is 223 g/mol. The summed E-state index contributed by atoms with van der Waals surface area (Å²) in [4.78, 5) is 12.0. The van der Waals surface area contributed by atoms with Gasteiger partial charge in [0.15, 0.2) is 5.78 Å². The highest BCUT2D eigenvalue weighted by atomic mass is 16.1. The molecule has 2 N–H and O–H groups in total. The number of hydrogen-bond acceptors (Lipinski definition) is 3. The number of aromatic nitrogens is 2. The Morgan fingerprint density at radius 2 is 2.25 bits per heavy atom. The fourth-order valence-electron chi connectivity index (χ4n) is 1.51. The molecule has 1 atom stereocenters. The Kier molecular flexibility index (Phi) is 4.68. The number of Topliss-reactive ketones (excluding diaryl/α,β-unsaturated/α-hetero) is 1. The summed E-state index contributed by atoms with van der Waals surface area (Å²) < 4.78 is 1.76. The van der Waals surface area contributed by atoms with Crippen LogP contribution in [0, 0.1) is 5.92 Å². The summed E-state index contributed by atoms with van der Waals surface area (Å²) in [5.41, 5.74) is 6.58. The molecule has 4 nitrogen and oxygen atoms in total. The van der Waals surface area contributed by atoms with Crippen molar-refractivity contribution in [3.05, 3.63) is 18.0 Å². The van der Waals surface area contributed by atoms with Crippen LogP contribution in [0.1, 0.15) is 44.1 Å². The van der Waals surface area contributed by atoms with E-state index in [1.807, 2.05) is 13.8 Å². The molecule has 0 aliphatic carbocycles. The summed E-state index contributed by atoms with van der Waals surface area (Å²) in [6.45, 7) is 6.91. The molecule has 0 saturated carbocycles. The molecule has 1 heterocycles. The van der Waals surface area contributed by atoms with Gasteiger partial charge in [-0.2, -0.15) is 5.10 Å². The van der Waals surface area contributed by atoms with Crippen molar-refractivity contribution in [1.82, 2.24) is 9.78 Å². The molecular formula is C12H21N3O. The van der Waals surface area contributed by atoms with Crippen LogP contribution in [0.15, 0.2) is 12.3 Å². The summed E-state index contributed by atoms with van der Waals surface area (Å²) in [5.74, 6) is 0.415. The predicted octanol–water partition coefficient (Wildman–Crippen LogP) is 1.85. The normalized spacial score (nSPS) is 13.1. The van der Waals surface area contributed by atoms with Crippen molar-refractivity contribution in [2.45, 2.75) is 46.2 Å². The Hall–Kier alpha value is -1.16. The van der Waals surface area contributed by atoms with Crippen molar-refractivity contribution in [2.75, 3.05) is 0 Å². The second kappa shape index (κ2) is 5.80. The van der Waals surface area contributed by atoms with Crippen LogP contribution in [0.5, 0.6) is 0 Å². The lowest BCUT2D eigenvalue weighted by Gasteiger charge is -2.14. The van der Waals surface area contributed by atoms with Crippen LogP contribution in [0.4, 0.5) is 0 Å². The van der Waals surface area contributed by atoms with Crippen molar-refractivity contribution in [3.8, 4) is 0 Å². The molecule has 0 aromatic carbocycles. The first kappa shape index (κ1) is 12.9. The van der Waals surface area contributed by atoms with Crippen LogP contribution in [-0.2, 0) is 6.54 Å². The summed E-state index contributed by atoms with van der Waals surface area (Å²) >= 11 is 0. The molecular weight excluding hydrogens is 202 g/mol. The third-order valence-corrected chi connectivity index (χ3v) is 2.72. The highest BCUT2D eigenvalue weighted by Crippen LogP contribution is 2.09. The first-order valence-corrected chi connectivity index (χ1v) is 5.86. The van der Waals surface area contributed by atoms with E-state index in [1.165, 1.54) is 0 Å². The van der Waals surface area contributed by atoms with Crippen molar-refractivity contribution >= 4 is 5.78 Å². The van der Waals surface area contributed by atoms with E-state index in [4.69, 9.17) is 5.73 Å². The maximum absolute atomic E-state index is 12.0. The minimum atomic E-state index is -0.0718. The molecule has 0 spiro atoms. The predicted molar refractivity (Wildman–Crippen MR) is 64.3 cm³/mol. The average Bonchev–Trinajstić information content (AvgIpc) is 2.66. The monoisotopic (exact) mass is 223 g/mol. The lowest BCUT2D eigenvalue weighted by atomic mass is 9.99. The molecule has 0 aliphatic rings. The van der Waals surface area contributed by atoms with Gasteiger partial charge in [-0.25, -0.2) is 0 Å². The maximum atomic E-state index is 12.0. The van der Waals surface area contributed by atoms with Gasteiger partial charge < -0.3 is 5.73 Å². The van der Waals surface area contributed by atoms with Crippen molar-refractivity contribution in [3.63, 3.8) is 0 Å². The standard InChI is InChI=1S/C12H21N3O/c1-4-7-15-11(5-6-14-15)12(16)8-10(13)9(2)3/h5-6,9-10H,4,7-8,13H2,1-3H3. The molecule has 90 valence electrons. The number of hydrogen-bond donors (Lipinski definition) is 1. The molecule has 1 rings (SSSR count). The van der Waals surface area contributed by atoms with Crippen LogP contribution >= 0.6 is 0 Å². The number of nitrogens with zero attached hydrogens (tertiary/aromatic N) is 2. The van der Waals surface area contributed by atoms with Gasteiger partial charge >= 0.3 is 0 Å². The van der Waals surface area contributed by atoms with Crippen LogP contribution < -0.4 is 5.73 Å². The number of aryl methyl sites for hydroxylation is 1. The van der Waals surface area contributed by atoms with Crippen molar-refractivity contribution in [1.29, 1.82) is 0 Å². The summed E-state index contributed by atoms with van der Waals surface area (Å²) in [5, 5.41) is 4.13. The number of rotatable bonds is 6. The van der Waals surface area contributed by atoms with Gasteiger partial charge in [0.1, 0.15) is 5.69 Å². The van der Waals surface area contributed by atoms with E-state index in [2.05, 4.69) is 12.0 Å². The largest absolute Gasteiger partial charge is 0.327 e. The molecule has 0 bridgehead atoms. The van der Waals surface area contributed by atoms with Gasteiger partial charge in [-0.1, -0.05) is 20.8 Å². The SMILES string of the molecule is CCCn1nccc1C(=O)CC(N)C(C)C. The zero-order valence-corrected chi connectivity index (χ0v) is 10.3. The van der Waals surface area contributed by atoms with Crippen molar-refractivity contribution < 1.29 is 4.79 Å². The van der Waals surface area contributed by atoms with E-state index < -0.39 is 0 Å². The second-order valence-corrected chi connectivity index (χ2v) is 4.47. The zero-order chi connectivity index (χ0) is 12.1. The Morgan fingerprint density at radius 3 is 2.81 bits per heavy atom. The number of carbonyl (C=O) groups excluding carboxylic acids is 1. The van der Waals surface area contributed by atoms with E-state index in [-0.39, 0.29) is 11.8 Å². The third kappa shape index (κ3) is 3.17. The minimum Gasteiger partial charge on any atom is -0.327 e. The Bertz CT molecular complexity index is 344. The smallest absolute Gasteiger partial charge is 0.182 e. The lowest BCUT2D eigenvalue weighted by molar-refractivity contribution is 0.0957. The molecule has 0 radical (unpaired) electrons. The van der Waals surface area contributed by atoms with Gasteiger partial charge in [0.25, 0.3) is 0 Å². The summed E-state index contributed by atoms with van der Waals surface area (Å²) in [6, 6.07) is 1.70. The van der Waals surface area contributed by atoms with E-state index in [0.29, 0.717) is 18.0 Å². The van der Waals surface area contributed by atoms with E-state index in [0.717, 1.165) is 13.0 Å².